The van der Waals surface area contributed by atoms with Gasteiger partial charge >= 0.3 is 5.97 Å². The predicted molar refractivity (Wildman–Crippen MR) is 94.4 cm³/mol. The van der Waals surface area contributed by atoms with E-state index in [4.69, 9.17) is 9.84 Å². The van der Waals surface area contributed by atoms with Crippen LogP contribution in [0.2, 0.25) is 0 Å². The summed E-state index contributed by atoms with van der Waals surface area (Å²) in [6.45, 7) is 5.70. The predicted octanol–water partition coefficient (Wildman–Crippen LogP) is 4.37. The van der Waals surface area contributed by atoms with Crippen LogP contribution in [-0.2, 0) is 4.79 Å². The smallest absolute Gasteiger partial charge is 0.344 e. The van der Waals surface area contributed by atoms with Gasteiger partial charge in [-0.25, -0.2) is 4.79 Å². The number of aryl methyl sites for hydroxylation is 2. The van der Waals surface area contributed by atoms with E-state index in [1.807, 2.05) is 12.1 Å². The van der Waals surface area contributed by atoms with Crippen molar-refractivity contribution in [1.29, 1.82) is 0 Å². The second kappa shape index (κ2) is 6.32. The number of hydrogen-bond donors (Lipinski definition) is 1. The van der Waals surface area contributed by atoms with E-state index in [1.54, 1.807) is 18.3 Å². The van der Waals surface area contributed by atoms with Crippen molar-refractivity contribution in [3.8, 4) is 16.9 Å². The fourth-order valence-corrected chi connectivity index (χ4v) is 2.91. The summed E-state index contributed by atoms with van der Waals surface area (Å²) in [5.74, 6) is -0.490. The number of hydrogen-bond acceptors (Lipinski definition) is 3. The zero-order valence-corrected chi connectivity index (χ0v) is 13.9. The largest absolute Gasteiger partial charge is 0.479 e. The van der Waals surface area contributed by atoms with Gasteiger partial charge in [0.05, 0.1) is 5.52 Å². The molecule has 0 aliphatic carbocycles. The number of aromatic nitrogens is 1. The molecule has 0 saturated carbocycles. The third-order valence-electron chi connectivity index (χ3n) is 4.13. The highest BCUT2D eigenvalue weighted by Crippen LogP contribution is 2.33. The molecule has 0 radical (unpaired) electrons. The van der Waals surface area contributed by atoms with Crippen LogP contribution >= 0.6 is 0 Å². The average Bonchev–Trinajstić information content (AvgIpc) is 2.54. The molecule has 0 amide bonds. The standard InChI is InChI=1S/C20H19NO3/c1-12-5-4-6-13(2)19(12)17-9-10-21-18-11-15(7-8-16(17)18)24-14(3)20(22)23/h4-11,14H,1-3H3,(H,22,23)/t14-/m1/s1. The van der Waals surface area contributed by atoms with Crippen LogP contribution in [0, 0.1) is 13.8 Å². The monoisotopic (exact) mass is 321 g/mol. The summed E-state index contributed by atoms with van der Waals surface area (Å²) in [7, 11) is 0. The van der Waals surface area contributed by atoms with Crippen LogP contribution in [0.3, 0.4) is 0 Å². The molecule has 0 unspecified atom stereocenters. The Bertz CT molecular complexity index is 898. The molecule has 1 N–H and O–H groups in total. The highest BCUT2D eigenvalue weighted by atomic mass is 16.5. The van der Waals surface area contributed by atoms with Gasteiger partial charge in [0.25, 0.3) is 0 Å². The van der Waals surface area contributed by atoms with Gasteiger partial charge in [-0.3, -0.25) is 4.98 Å². The molecule has 4 heteroatoms. The van der Waals surface area contributed by atoms with Gasteiger partial charge in [-0.1, -0.05) is 18.2 Å². The molecule has 24 heavy (non-hydrogen) atoms. The van der Waals surface area contributed by atoms with Gasteiger partial charge in [-0.05, 0) is 61.2 Å². The second-order valence-electron chi connectivity index (χ2n) is 5.90. The maximum absolute atomic E-state index is 10.9. The lowest BCUT2D eigenvalue weighted by Gasteiger charge is -2.14. The molecule has 1 heterocycles. The van der Waals surface area contributed by atoms with E-state index < -0.39 is 12.1 Å². The van der Waals surface area contributed by atoms with Gasteiger partial charge in [0, 0.05) is 17.6 Å². The Morgan fingerprint density at radius 2 is 1.83 bits per heavy atom. The number of ether oxygens (including phenoxy) is 1. The van der Waals surface area contributed by atoms with Crippen LogP contribution in [0.15, 0.2) is 48.7 Å². The molecule has 0 saturated heterocycles. The number of nitrogens with zero attached hydrogens (tertiary/aromatic N) is 1. The van der Waals surface area contributed by atoms with Crippen molar-refractivity contribution in [2.75, 3.05) is 0 Å². The highest BCUT2D eigenvalue weighted by Gasteiger charge is 2.14. The van der Waals surface area contributed by atoms with E-state index in [9.17, 15) is 4.79 Å². The first-order valence-corrected chi connectivity index (χ1v) is 7.82. The van der Waals surface area contributed by atoms with Crippen molar-refractivity contribution >= 4 is 16.9 Å². The number of fused-ring (bicyclic) bond motifs is 1. The van der Waals surface area contributed by atoms with Crippen molar-refractivity contribution in [2.45, 2.75) is 26.9 Å². The Hall–Kier alpha value is -2.88. The Morgan fingerprint density at radius 1 is 1.12 bits per heavy atom. The molecule has 1 atom stereocenters. The third kappa shape index (κ3) is 2.95. The zero-order valence-electron chi connectivity index (χ0n) is 13.9. The summed E-state index contributed by atoms with van der Waals surface area (Å²) in [6.07, 6.45) is 0.873. The molecule has 0 spiro atoms. The van der Waals surface area contributed by atoms with E-state index in [2.05, 4.69) is 37.0 Å². The molecule has 1 aromatic heterocycles. The number of carbonyl (C=O) groups is 1. The summed E-state index contributed by atoms with van der Waals surface area (Å²) >= 11 is 0. The third-order valence-corrected chi connectivity index (χ3v) is 4.13. The minimum atomic E-state index is -0.993. The fourth-order valence-electron chi connectivity index (χ4n) is 2.91. The number of pyridine rings is 1. The minimum absolute atomic E-state index is 0.503. The molecule has 0 aliphatic rings. The molecule has 0 aliphatic heterocycles. The number of carboxylic acids is 1. The van der Waals surface area contributed by atoms with Crippen LogP contribution in [-0.4, -0.2) is 22.2 Å². The summed E-state index contributed by atoms with van der Waals surface area (Å²) in [5, 5.41) is 9.99. The van der Waals surface area contributed by atoms with Gasteiger partial charge in [0.1, 0.15) is 5.75 Å². The second-order valence-corrected chi connectivity index (χ2v) is 5.90. The first-order valence-electron chi connectivity index (χ1n) is 7.82. The van der Waals surface area contributed by atoms with Crippen LogP contribution in [0.1, 0.15) is 18.1 Å². The van der Waals surface area contributed by atoms with Gasteiger partial charge in [0.2, 0.25) is 0 Å². The van der Waals surface area contributed by atoms with Gasteiger partial charge in [0.15, 0.2) is 6.10 Å². The molecule has 122 valence electrons. The summed E-state index contributed by atoms with van der Waals surface area (Å²) < 4.78 is 5.44. The van der Waals surface area contributed by atoms with E-state index in [0.717, 1.165) is 16.5 Å². The Balaban J connectivity index is 2.11. The molecule has 0 fully saturated rings. The van der Waals surface area contributed by atoms with Crippen molar-refractivity contribution in [3.05, 3.63) is 59.8 Å². The van der Waals surface area contributed by atoms with Crippen LogP contribution < -0.4 is 4.74 Å². The van der Waals surface area contributed by atoms with Crippen molar-refractivity contribution < 1.29 is 14.6 Å². The molecule has 4 nitrogen and oxygen atoms in total. The molecular formula is C20H19NO3. The van der Waals surface area contributed by atoms with Crippen molar-refractivity contribution in [3.63, 3.8) is 0 Å². The lowest BCUT2D eigenvalue weighted by atomic mass is 9.93. The van der Waals surface area contributed by atoms with E-state index in [0.29, 0.717) is 5.75 Å². The lowest BCUT2D eigenvalue weighted by Crippen LogP contribution is -2.22. The van der Waals surface area contributed by atoms with E-state index >= 15 is 0 Å². The first kappa shape index (κ1) is 16.0. The fraction of sp³-hybridized carbons (Fsp3) is 0.200. The quantitative estimate of drug-likeness (QED) is 0.775. The zero-order chi connectivity index (χ0) is 17.3. The number of rotatable bonds is 4. The lowest BCUT2D eigenvalue weighted by molar-refractivity contribution is -0.144. The number of aliphatic carboxylic acids is 1. The van der Waals surface area contributed by atoms with Gasteiger partial charge in [-0.2, -0.15) is 0 Å². The number of carboxylic acid groups (broad SMARTS) is 1. The van der Waals surface area contributed by atoms with E-state index in [1.165, 1.54) is 23.6 Å². The molecule has 3 aromatic rings. The molecule has 3 rings (SSSR count). The summed E-state index contributed by atoms with van der Waals surface area (Å²) in [4.78, 5) is 15.4. The highest BCUT2D eigenvalue weighted by molar-refractivity contribution is 5.96. The molecular weight excluding hydrogens is 302 g/mol. The van der Waals surface area contributed by atoms with Gasteiger partial charge in [-0.15, -0.1) is 0 Å². The SMILES string of the molecule is Cc1cccc(C)c1-c1ccnc2cc(O[C@H](C)C(=O)O)ccc12. The molecule has 0 bridgehead atoms. The Labute approximate surface area is 140 Å². The topological polar surface area (TPSA) is 59.4 Å². The van der Waals surface area contributed by atoms with Crippen LogP contribution in [0.4, 0.5) is 0 Å². The first-order chi connectivity index (χ1) is 11.5. The molecule has 2 aromatic carbocycles. The summed E-state index contributed by atoms with van der Waals surface area (Å²) in [5.41, 5.74) is 5.53. The van der Waals surface area contributed by atoms with Crippen molar-refractivity contribution in [1.82, 2.24) is 4.98 Å². The van der Waals surface area contributed by atoms with Gasteiger partial charge < -0.3 is 9.84 Å². The average molecular weight is 321 g/mol. The van der Waals surface area contributed by atoms with Crippen LogP contribution in [0.5, 0.6) is 5.75 Å². The van der Waals surface area contributed by atoms with Crippen LogP contribution in [0.25, 0.3) is 22.0 Å². The van der Waals surface area contributed by atoms with Crippen molar-refractivity contribution in [2.24, 2.45) is 0 Å². The van der Waals surface area contributed by atoms with E-state index in [-0.39, 0.29) is 0 Å². The Kier molecular flexibility index (Phi) is 4.21. The maximum atomic E-state index is 10.9. The number of benzene rings is 2. The summed E-state index contributed by atoms with van der Waals surface area (Å²) in [6, 6.07) is 13.8. The minimum Gasteiger partial charge on any atom is -0.479 e. The normalized spacial score (nSPS) is 12.1. The Morgan fingerprint density at radius 3 is 2.50 bits per heavy atom. The maximum Gasteiger partial charge on any atom is 0.344 e.